The summed E-state index contributed by atoms with van der Waals surface area (Å²) in [6.07, 6.45) is 1.70. The molecular weight excluding hydrogens is 518 g/mol. The average Bonchev–Trinajstić information content (AvgIpc) is 3.44. The molecule has 1 aromatic heterocycles. The van der Waals surface area contributed by atoms with Gasteiger partial charge in [0, 0.05) is 17.7 Å². The third-order valence-corrected chi connectivity index (χ3v) is 7.70. The Morgan fingerprint density at radius 3 is 2.78 bits per heavy atom. The Kier molecular flexibility index (Phi) is 9.60. The molecule has 0 saturated heterocycles. The van der Waals surface area contributed by atoms with Crippen LogP contribution < -0.4 is 16.0 Å². The van der Waals surface area contributed by atoms with Crippen LogP contribution in [0.2, 0.25) is 0 Å². The van der Waals surface area contributed by atoms with E-state index in [9.17, 15) is 24.0 Å². The molecule has 3 heterocycles. The van der Waals surface area contributed by atoms with Gasteiger partial charge in [0.15, 0.2) is 0 Å². The minimum Gasteiger partial charge on any atom is -0.456 e. The van der Waals surface area contributed by atoms with Crippen LogP contribution in [0.5, 0.6) is 0 Å². The van der Waals surface area contributed by atoms with Crippen molar-refractivity contribution in [1.29, 1.82) is 0 Å². The van der Waals surface area contributed by atoms with Crippen LogP contribution in [0.3, 0.4) is 0 Å². The van der Waals surface area contributed by atoms with E-state index in [-0.39, 0.29) is 43.5 Å². The number of nitrogens with zero attached hydrogens (tertiary/aromatic N) is 2. The van der Waals surface area contributed by atoms with Crippen molar-refractivity contribution in [2.24, 2.45) is 10.9 Å². The molecule has 0 radical (unpaired) electrons. The standard InChI is InChI=1S/C24H31N5O6S2/c1-13(2)20-22(33)35-15(6-5-7-25-17(31)8-14(3)30)9-18(32)26-10-19-27-16(11-36-19)21-29-24(4,12-37-21)23(34)28-20/h5-6,11,13,15,20H,7-10,12H2,1-4H3,(H,25,31)(H,26,32)(H,28,34)/b6-5+/t15-,20+,24+/m1/s1. The van der Waals surface area contributed by atoms with Gasteiger partial charge in [-0.2, -0.15) is 0 Å². The van der Waals surface area contributed by atoms with Gasteiger partial charge in [-0.25, -0.2) is 9.78 Å². The van der Waals surface area contributed by atoms with Gasteiger partial charge in [0.25, 0.3) is 0 Å². The number of thioether (sulfide) groups is 1. The number of ether oxygens (including phenoxy) is 1. The van der Waals surface area contributed by atoms with Gasteiger partial charge in [0.2, 0.25) is 17.7 Å². The zero-order valence-electron chi connectivity index (χ0n) is 21.2. The minimum absolute atomic E-state index is 0.0877. The van der Waals surface area contributed by atoms with Crippen molar-refractivity contribution < 1.29 is 28.7 Å². The van der Waals surface area contributed by atoms with E-state index < -0.39 is 35.5 Å². The maximum absolute atomic E-state index is 13.2. The van der Waals surface area contributed by atoms with Crippen LogP contribution in [-0.4, -0.2) is 69.5 Å². The van der Waals surface area contributed by atoms with Gasteiger partial charge in [0.1, 0.15) is 39.2 Å². The van der Waals surface area contributed by atoms with E-state index in [4.69, 9.17) is 4.74 Å². The molecule has 0 saturated carbocycles. The number of esters is 1. The molecule has 2 aliphatic rings. The van der Waals surface area contributed by atoms with Crippen molar-refractivity contribution in [3.05, 3.63) is 28.2 Å². The third kappa shape index (κ3) is 7.96. The molecule has 4 bridgehead atoms. The fourth-order valence-electron chi connectivity index (χ4n) is 3.51. The van der Waals surface area contributed by atoms with Crippen molar-refractivity contribution in [1.82, 2.24) is 20.9 Å². The van der Waals surface area contributed by atoms with Crippen molar-refractivity contribution >= 4 is 57.6 Å². The smallest absolute Gasteiger partial charge is 0.329 e. The molecule has 200 valence electrons. The number of ketones is 1. The zero-order chi connectivity index (χ0) is 27.2. The second-order valence-corrected chi connectivity index (χ2v) is 11.3. The summed E-state index contributed by atoms with van der Waals surface area (Å²) in [5.41, 5.74) is -0.421. The van der Waals surface area contributed by atoms with E-state index in [1.165, 1.54) is 36.1 Å². The summed E-state index contributed by atoms with van der Waals surface area (Å²) in [4.78, 5) is 70.9. The topological polar surface area (TPSA) is 156 Å². The zero-order valence-corrected chi connectivity index (χ0v) is 22.8. The van der Waals surface area contributed by atoms with Gasteiger partial charge < -0.3 is 20.7 Å². The first-order chi connectivity index (χ1) is 17.5. The van der Waals surface area contributed by atoms with Crippen LogP contribution >= 0.6 is 23.1 Å². The van der Waals surface area contributed by atoms with Crippen LogP contribution in [-0.2, 0) is 35.3 Å². The molecule has 0 spiro atoms. The first kappa shape index (κ1) is 28.5. The second kappa shape index (κ2) is 12.5. The fraction of sp³-hybridized carbons (Fsp3) is 0.542. The summed E-state index contributed by atoms with van der Waals surface area (Å²) < 4.78 is 5.63. The van der Waals surface area contributed by atoms with E-state index in [0.717, 1.165) is 0 Å². The van der Waals surface area contributed by atoms with Gasteiger partial charge in [0.05, 0.1) is 19.4 Å². The SMILES string of the molecule is CC(=O)CC(=O)NC/C=C/[C@@H]1CC(=O)NCc2nc(cs2)C2=N[C@@](C)(CS2)C(=O)N[C@@H](C(C)C)C(=O)O1. The monoisotopic (exact) mass is 549 g/mol. The molecule has 0 aliphatic carbocycles. The lowest BCUT2D eigenvalue weighted by molar-refractivity contribution is -0.153. The highest BCUT2D eigenvalue weighted by Gasteiger charge is 2.41. The molecule has 0 unspecified atom stereocenters. The van der Waals surface area contributed by atoms with Crippen LogP contribution in [0.25, 0.3) is 0 Å². The lowest BCUT2D eigenvalue weighted by atomic mass is 10.0. The van der Waals surface area contributed by atoms with Gasteiger partial charge >= 0.3 is 5.97 Å². The number of Topliss-reactive ketones (excluding diaryl/α,β-unsaturated/α-hetero) is 1. The maximum Gasteiger partial charge on any atom is 0.329 e. The number of fused-ring (bicyclic) bond motifs is 4. The van der Waals surface area contributed by atoms with Crippen molar-refractivity contribution in [2.45, 2.75) is 64.8 Å². The second-order valence-electron chi connectivity index (χ2n) is 9.37. The Morgan fingerprint density at radius 2 is 2.08 bits per heavy atom. The number of hydrogen-bond donors (Lipinski definition) is 3. The van der Waals surface area contributed by atoms with Crippen LogP contribution in [0, 0.1) is 5.92 Å². The summed E-state index contributed by atoms with van der Waals surface area (Å²) in [5, 5.41) is 11.3. The Bertz CT molecular complexity index is 1130. The van der Waals surface area contributed by atoms with E-state index in [2.05, 4.69) is 25.9 Å². The predicted octanol–water partition coefficient (Wildman–Crippen LogP) is 1.12. The van der Waals surface area contributed by atoms with Gasteiger partial charge in [-0.3, -0.25) is 24.2 Å². The van der Waals surface area contributed by atoms with Crippen LogP contribution in [0.15, 0.2) is 22.5 Å². The highest BCUT2D eigenvalue weighted by molar-refractivity contribution is 8.14. The molecule has 1 aromatic rings. The normalized spacial score (nSPS) is 24.9. The number of aliphatic imine (C=N–C) groups is 1. The number of amides is 3. The Morgan fingerprint density at radius 1 is 1.32 bits per heavy atom. The highest BCUT2D eigenvalue weighted by atomic mass is 32.2. The van der Waals surface area contributed by atoms with E-state index in [1.807, 2.05) is 5.38 Å². The molecule has 13 heteroatoms. The summed E-state index contributed by atoms with van der Waals surface area (Å²) >= 11 is 2.79. The molecule has 3 rings (SSSR count). The summed E-state index contributed by atoms with van der Waals surface area (Å²) in [7, 11) is 0. The van der Waals surface area contributed by atoms with Gasteiger partial charge in [-0.15, -0.1) is 23.1 Å². The number of rotatable bonds is 6. The van der Waals surface area contributed by atoms with Gasteiger partial charge in [-0.1, -0.05) is 19.9 Å². The number of thiazole rings is 1. The maximum atomic E-state index is 13.2. The molecule has 3 N–H and O–H groups in total. The Labute approximate surface area is 223 Å². The molecule has 0 fully saturated rings. The summed E-state index contributed by atoms with van der Waals surface area (Å²) in [6, 6.07) is -0.957. The number of cyclic esters (lactones) is 1. The molecule has 0 aromatic carbocycles. The average molecular weight is 550 g/mol. The molecule has 3 amide bonds. The minimum atomic E-state index is -1.07. The van der Waals surface area contributed by atoms with Crippen molar-refractivity contribution in [3.8, 4) is 0 Å². The number of carbonyl (C=O) groups is 5. The quantitative estimate of drug-likeness (QED) is 0.271. The summed E-state index contributed by atoms with van der Waals surface area (Å²) in [6.45, 7) is 6.88. The fourth-order valence-corrected chi connectivity index (χ4v) is 5.44. The molecule has 3 atom stereocenters. The lowest BCUT2D eigenvalue weighted by Gasteiger charge is -2.27. The number of aromatic nitrogens is 1. The largest absolute Gasteiger partial charge is 0.456 e. The first-order valence-electron chi connectivity index (χ1n) is 11.8. The number of carbonyl (C=O) groups excluding carboxylic acids is 5. The molecule has 37 heavy (non-hydrogen) atoms. The van der Waals surface area contributed by atoms with E-state index >= 15 is 0 Å². The van der Waals surface area contributed by atoms with Crippen LogP contribution in [0.1, 0.15) is 51.2 Å². The predicted molar refractivity (Wildman–Crippen MR) is 140 cm³/mol. The number of nitrogens with one attached hydrogen (secondary N) is 3. The van der Waals surface area contributed by atoms with E-state index in [0.29, 0.717) is 21.5 Å². The summed E-state index contributed by atoms with van der Waals surface area (Å²) in [5.74, 6) is -2.02. The first-order valence-corrected chi connectivity index (χ1v) is 13.7. The molecule has 11 nitrogen and oxygen atoms in total. The molecule has 2 aliphatic heterocycles. The van der Waals surface area contributed by atoms with Crippen molar-refractivity contribution in [2.75, 3.05) is 12.3 Å². The highest BCUT2D eigenvalue weighted by Crippen LogP contribution is 2.32. The van der Waals surface area contributed by atoms with Crippen LogP contribution in [0.4, 0.5) is 0 Å². The third-order valence-electron chi connectivity index (χ3n) is 5.57. The molecular formula is C24H31N5O6S2. The number of hydrogen-bond acceptors (Lipinski definition) is 10. The Balaban J connectivity index is 1.82. The van der Waals surface area contributed by atoms with Crippen molar-refractivity contribution in [3.63, 3.8) is 0 Å². The van der Waals surface area contributed by atoms with Gasteiger partial charge in [-0.05, 0) is 25.8 Å². The Hall–Kier alpha value is -3.06. The lowest BCUT2D eigenvalue weighted by Crippen LogP contribution is -2.53. The van der Waals surface area contributed by atoms with E-state index in [1.54, 1.807) is 26.8 Å².